The molecule has 0 bridgehead atoms. The van der Waals surface area contributed by atoms with E-state index in [0.29, 0.717) is 14.5 Å². The molecule has 0 saturated carbocycles. The van der Waals surface area contributed by atoms with Crippen LogP contribution in [0.3, 0.4) is 0 Å². The summed E-state index contributed by atoms with van der Waals surface area (Å²) in [4.78, 5) is 37.5. The molecule has 1 saturated heterocycles. The summed E-state index contributed by atoms with van der Waals surface area (Å²) in [5.74, 6) is -1.24. The van der Waals surface area contributed by atoms with Gasteiger partial charge < -0.3 is 9.84 Å². The first kappa shape index (κ1) is 21.6. The van der Waals surface area contributed by atoms with Crippen molar-refractivity contribution in [2.24, 2.45) is 0 Å². The number of hydrogen-bond acceptors (Lipinski definition) is 5. The van der Waals surface area contributed by atoms with Crippen LogP contribution in [-0.2, 0) is 16.1 Å². The van der Waals surface area contributed by atoms with Gasteiger partial charge in [0, 0.05) is 10.0 Å². The van der Waals surface area contributed by atoms with Gasteiger partial charge in [0.15, 0.2) is 6.61 Å². The Morgan fingerprint density at radius 2 is 2.00 bits per heavy atom. The zero-order chi connectivity index (χ0) is 21.1. The Balaban J connectivity index is 1.90. The van der Waals surface area contributed by atoms with E-state index in [4.69, 9.17) is 9.84 Å². The highest BCUT2D eigenvalue weighted by Gasteiger charge is 2.35. The van der Waals surface area contributed by atoms with E-state index in [9.17, 15) is 14.4 Å². The summed E-state index contributed by atoms with van der Waals surface area (Å²) in [5.41, 5.74) is 2.39. The molecule has 0 spiro atoms. The summed E-state index contributed by atoms with van der Waals surface area (Å²) in [6.07, 6.45) is 1.54. The maximum absolute atomic E-state index is 12.8. The second-order valence-corrected chi connectivity index (χ2v) is 9.01. The molecular formula is C20H15Br2NO5S. The van der Waals surface area contributed by atoms with Gasteiger partial charge >= 0.3 is 5.97 Å². The number of carboxylic acid groups (broad SMARTS) is 1. The molecule has 0 aliphatic carbocycles. The molecule has 0 unspecified atom stereocenters. The van der Waals surface area contributed by atoms with Crippen LogP contribution in [0.5, 0.6) is 5.75 Å². The molecule has 2 aromatic carbocycles. The number of carbonyl (C=O) groups is 3. The van der Waals surface area contributed by atoms with Gasteiger partial charge in [-0.2, -0.15) is 0 Å². The van der Waals surface area contributed by atoms with Crippen molar-refractivity contribution in [3.8, 4) is 5.75 Å². The lowest BCUT2D eigenvalue weighted by molar-refractivity contribution is -0.139. The van der Waals surface area contributed by atoms with Crippen molar-refractivity contribution < 1.29 is 24.2 Å². The van der Waals surface area contributed by atoms with Gasteiger partial charge in [0.1, 0.15) is 5.75 Å². The lowest BCUT2D eigenvalue weighted by atomic mass is 10.1. The fourth-order valence-corrected chi connectivity index (χ4v) is 4.95. The number of imide groups is 1. The van der Waals surface area contributed by atoms with Crippen LogP contribution in [0.2, 0.25) is 0 Å². The van der Waals surface area contributed by atoms with Crippen molar-refractivity contribution in [2.75, 3.05) is 6.61 Å². The Hall–Kier alpha value is -2.10. The van der Waals surface area contributed by atoms with E-state index >= 15 is 0 Å². The van der Waals surface area contributed by atoms with Gasteiger partial charge in [-0.25, -0.2) is 4.79 Å². The molecule has 6 nitrogen and oxygen atoms in total. The number of benzene rings is 2. The fourth-order valence-electron chi connectivity index (χ4n) is 2.74. The average molecular weight is 541 g/mol. The van der Waals surface area contributed by atoms with Crippen LogP contribution in [0.25, 0.3) is 6.08 Å². The zero-order valence-corrected chi connectivity index (χ0v) is 19.1. The minimum Gasteiger partial charge on any atom is -0.480 e. The largest absolute Gasteiger partial charge is 0.480 e. The smallest absolute Gasteiger partial charge is 0.341 e. The molecule has 150 valence electrons. The van der Waals surface area contributed by atoms with E-state index in [-0.39, 0.29) is 22.4 Å². The van der Waals surface area contributed by atoms with Crippen molar-refractivity contribution in [3.63, 3.8) is 0 Å². The lowest BCUT2D eigenvalue weighted by Gasteiger charge is -2.13. The molecule has 2 amide bonds. The standard InChI is InChI=1S/C20H15Br2NO5S/c1-11-3-2-4-12(5-11)9-23-19(26)16(29-20(23)27)7-13-6-14(21)8-15(22)18(13)28-10-17(24)25/h2-8H,9-10H2,1H3,(H,24,25)/b16-7-. The third-order valence-corrected chi connectivity index (χ3v) is 5.91. The van der Waals surface area contributed by atoms with E-state index in [1.165, 1.54) is 11.0 Å². The SMILES string of the molecule is Cc1cccc(CN2C(=O)S/C(=C\c3cc(Br)cc(Br)c3OCC(=O)O)C2=O)c1. The third-order valence-electron chi connectivity index (χ3n) is 3.96. The molecular weight excluding hydrogens is 526 g/mol. The maximum Gasteiger partial charge on any atom is 0.341 e. The summed E-state index contributed by atoms with van der Waals surface area (Å²) in [6, 6.07) is 11.0. The van der Waals surface area contributed by atoms with Gasteiger partial charge in [0.05, 0.1) is 15.9 Å². The van der Waals surface area contributed by atoms with E-state index in [1.54, 1.807) is 12.1 Å². The predicted octanol–water partition coefficient (Wildman–Crippen LogP) is 5.22. The molecule has 0 radical (unpaired) electrons. The minimum absolute atomic E-state index is 0.189. The van der Waals surface area contributed by atoms with Gasteiger partial charge in [-0.15, -0.1) is 0 Å². The van der Waals surface area contributed by atoms with E-state index in [0.717, 1.165) is 22.9 Å². The monoisotopic (exact) mass is 539 g/mol. The fraction of sp³-hybridized carbons (Fsp3) is 0.150. The normalized spacial score (nSPS) is 15.3. The minimum atomic E-state index is -1.12. The van der Waals surface area contributed by atoms with Crippen molar-refractivity contribution >= 4 is 66.8 Å². The number of ether oxygens (including phenoxy) is 1. The number of thioether (sulfide) groups is 1. The molecule has 1 aliphatic rings. The molecule has 1 aliphatic heterocycles. The quantitative estimate of drug-likeness (QED) is 0.506. The van der Waals surface area contributed by atoms with Crippen molar-refractivity contribution in [1.82, 2.24) is 4.90 Å². The Morgan fingerprint density at radius 3 is 2.69 bits per heavy atom. The van der Waals surface area contributed by atoms with Crippen molar-refractivity contribution in [1.29, 1.82) is 0 Å². The number of nitrogens with zero attached hydrogens (tertiary/aromatic N) is 1. The second-order valence-electron chi connectivity index (χ2n) is 6.25. The number of aryl methyl sites for hydroxylation is 1. The predicted molar refractivity (Wildman–Crippen MR) is 118 cm³/mol. The second kappa shape index (κ2) is 9.15. The molecule has 0 atom stereocenters. The zero-order valence-electron chi connectivity index (χ0n) is 15.1. The average Bonchev–Trinajstić information content (AvgIpc) is 2.88. The first-order chi connectivity index (χ1) is 13.7. The Morgan fingerprint density at radius 1 is 1.24 bits per heavy atom. The number of rotatable bonds is 6. The van der Waals surface area contributed by atoms with Crippen LogP contribution in [-0.4, -0.2) is 33.7 Å². The molecule has 1 N–H and O–H groups in total. The Bertz CT molecular complexity index is 1040. The van der Waals surface area contributed by atoms with Gasteiger partial charge in [-0.3, -0.25) is 14.5 Å². The number of aliphatic carboxylic acids is 1. The number of halogens is 2. The molecule has 2 aromatic rings. The van der Waals surface area contributed by atoms with Crippen LogP contribution in [0.15, 0.2) is 50.2 Å². The highest BCUT2D eigenvalue weighted by Crippen LogP contribution is 2.38. The number of carboxylic acids is 1. The van der Waals surface area contributed by atoms with Gasteiger partial charge in [0.25, 0.3) is 11.1 Å². The highest BCUT2D eigenvalue weighted by molar-refractivity contribution is 9.11. The summed E-state index contributed by atoms with van der Waals surface area (Å²) >= 11 is 7.55. The maximum atomic E-state index is 12.8. The van der Waals surface area contributed by atoms with Crippen LogP contribution in [0, 0.1) is 6.92 Å². The van der Waals surface area contributed by atoms with Crippen molar-refractivity contribution in [3.05, 3.63) is 66.9 Å². The molecule has 1 fully saturated rings. The molecule has 1 heterocycles. The van der Waals surface area contributed by atoms with Gasteiger partial charge in [-0.1, -0.05) is 45.8 Å². The van der Waals surface area contributed by atoms with Crippen LogP contribution >= 0.6 is 43.6 Å². The Kier molecular flexibility index (Phi) is 6.81. The summed E-state index contributed by atoms with van der Waals surface area (Å²) in [6.45, 7) is 1.60. The number of amides is 2. The first-order valence-corrected chi connectivity index (χ1v) is 10.8. The molecule has 0 aromatic heterocycles. The number of hydrogen-bond donors (Lipinski definition) is 1. The third kappa shape index (κ3) is 5.29. The molecule has 3 rings (SSSR count). The van der Waals surface area contributed by atoms with E-state index < -0.39 is 18.5 Å². The van der Waals surface area contributed by atoms with Gasteiger partial charge in [-0.05, 0) is 58.4 Å². The Labute approximate surface area is 188 Å². The number of carbonyl (C=O) groups excluding carboxylic acids is 2. The summed E-state index contributed by atoms with van der Waals surface area (Å²) in [7, 11) is 0. The molecule has 9 heteroatoms. The summed E-state index contributed by atoms with van der Waals surface area (Å²) in [5, 5.41) is 8.54. The lowest BCUT2D eigenvalue weighted by Crippen LogP contribution is -2.27. The topological polar surface area (TPSA) is 83.9 Å². The van der Waals surface area contributed by atoms with Crippen LogP contribution < -0.4 is 4.74 Å². The highest BCUT2D eigenvalue weighted by atomic mass is 79.9. The first-order valence-electron chi connectivity index (χ1n) is 8.39. The summed E-state index contributed by atoms with van der Waals surface area (Å²) < 4.78 is 6.59. The van der Waals surface area contributed by atoms with Crippen LogP contribution in [0.1, 0.15) is 16.7 Å². The van der Waals surface area contributed by atoms with Crippen molar-refractivity contribution in [2.45, 2.75) is 13.5 Å². The molecule has 29 heavy (non-hydrogen) atoms. The van der Waals surface area contributed by atoms with Crippen LogP contribution in [0.4, 0.5) is 4.79 Å². The van der Waals surface area contributed by atoms with Gasteiger partial charge in [0.2, 0.25) is 0 Å². The van der Waals surface area contributed by atoms with E-state index in [1.807, 2.05) is 31.2 Å². The van der Waals surface area contributed by atoms with E-state index in [2.05, 4.69) is 31.9 Å².